The molecule has 0 heterocycles. The van der Waals surface area contributed by atoms with Crippen molar-refractivity contribution in [3.8, 4) is 11.5 Å². The van der Waals surface area contributed by atoms with Crippen molar-refractivity contribution in [2.45, 2.75) is 6.61 Å². The van der Waals surface area contributed by atoms with Gasteiger partial charge in [0.05, 0.1) is 4.92 Å². The van der Waals surface area contributed by atoms with E-state index in [1.807, 2.05) is 0 Å². The first-order valence-corrected chi connectivity index (χ1v) is 6.35. The number of nitrogens with zero attached hydrogens (tertiary/aromatic N) is 1. The Kier molecular flexibility index (Phi) is 4.92. The van der Waals surface area contributed by atoms with Crippen molar-refractivity contribution in [1.82, 2.24) is 0 Å². The van der Waals surface area contributed by atoms with E-state index in [-0.39, 0.29) is 12.3 Å². The van der Waals surface area contributed by atoms with Crippen LogP contribution in [-0.4, -0.2) is 22.6 Å². The number of non-ortho nitro benzene ring substituents is 1. The molecular weight excluding hydrogens is 290 g/mol. The summed E-state index contributed by atoms with van der Waals surface area (Å²) in [5.41, 5.74) is 0.834. The van der Waals surface area contributed by atoms with Crippen molar-refractivity contribution in [3.05, 3.63) is 64.2 Å². The van der Waals surface area contributed by atoms with Crippen LogP contribution in [0, 0.1) is 10.1 Å². The minimum Gasteiger partial charge on any atom is -0.489 e. The van der Waals surface area contributed by atoms with Gasteiger partial charge < -0.3 is 14.6 Å². The Labute approximate surface area is 125 Å². The summed E-state index contributed by atoms with van der Waals surface area (Å²) in [4.78, 5) is 20.5. The largest absolute Gasteiger partial charge is 0.489 e. The number of hydrogen-bond acceptors (Lipinski definition) is 5. The Bertz CT molecular complexity index is 651. The third-order valence-electron chi connectivity index (χ3n) is 2.74. The lowest BCUT2D eigenvalue weighted by molar-refractivity contribution is -0.384. The molecule has 114 valence electrons. The molecule has 0 saturated carbocycles. The second-order valence-corrected chi connectivity index (χ2v) is 4.37. The minimum absolute atomic E-state index is 0.0312. The molecule has 0 amide bonds. The number of rotatable bonds is 7. The zero-order valence-electron chi connectivity index (χ0n) is 11.5. The fourth-order valence-electron chi connectivity index (χ4n) is 1.66. The molecule has 0 aliphatic carbocycles. The third-order valence-corrected chi connectivity index (χ3v) is 2.74. The molecule has 0 aliphatic heterocycles. The predicted molar refractivity (Wildman–Crippen MR) is 77.0 cm³/mol. The number of carboxylic acid groups (broad SMARTS) is 1. The van der Waals surface area contributed by atoms with E-state index in [0.29, 0.717) is 11.5 Å². The highest BCUT2D eigenvalue weighted by Crippen LogP contribution is 2.19. The third kappa shape index (κ3) is 4.48. The average molecular weight is 303 g/mol. The standard InChI is InChI=1S/C15H13NO6/c17-15(18)10-22-14-7-5-13(6-8-14)21-9-11-1-3-12(4-2-11)16(19)20/h1-8H,9-10H2,(H,17,18). The number of nitro groups is 1. The topological polar surface area (TPSA) is 98.9 Å². The van der Waals surface area contributed by atoms with Crippen LogP contribution in [0.15, 0.2) is 48.5 Å². The maximum Gasteiger partial charge on any atom is 0.341 e. The molecule has 0 fully saturated rings. The summed E-state index contributed by atoms with van der Waals surface area (Å²) in [6, 6.07) is 12.6. The van der Waals surface area contributed by atoms with Gasteiger partial charge in [-0.3, -0.25) is 10.1 Å². The van der Waals surface area contributed by atoms with Gasteiger partial charge in [-0.15, -0.1) is 0 Å². The van der Waals surface area contributed by atoms with E-state index in [0.717, 1.165) is 5.56 Å². The molecule has 7 heteroatoms. The van der Waals surface area contributed by atoms with Gasteiger partial charge in [0.25, 0.3) is 5.69 Å². The fraction of sp³-hybridized carbons (Fsp3) is 0.133. The summed E-state index contributed by atoms with van der Waals surface area (Å²) in [6.45, 7) is -0.129. The van der Waals surface area contributed by atoms with Gasteiger partial charge in [-0.25, -0.2) is 4.79 Å². The second kappa shape index (κ2) is 7.07. The number of carboxylic acids is 1. The number of benzene rings is 2. The molecule has 0 saturated heterocycles. The van der Waals surface area contributed by atoms with Crippen LogP contribution >= 0.6 is 0 Å². The Hall–Kier alpha value is -3.09. The maximum atomic E-state index is 10.5. The molecular formula is C15H13NO6. The Morgan fingerprint density at radius 2 is 1.55 bits per heavy atom. The van der Waals surface area contributed by atoms with Gasteiger partial charge in [-0.1, -0.05) is 0 Å². The van der Waals surface area contributed by atoms with Crippen LogP contribution in [0.1, 0.15) is 5.56 Å². The lowest BCUT2D eigenvalue weighted by atomic mass is 10.2. The van der Waals surface area contributed by atoms with E-state index < -0.39 is 17.5 Å². The van der Waals surface area contributed by atoms with Crippen molar-refractivity contribution in [2.24, 2.45) is 0 Å². The number of hydrogen-bond donors (Lipinski definition) is 1. The lowest BCUT2D eigenvalue weighted by Crippen LogP contribution is -2.09. The lowest BCUT2D eigenvalue weighted by Gasteiger charge is -2.07. The smallest absolute Gasteiger partial charge is 0.341 e. The summed E-state index contributed by atoms with van der Waals surface area (Å²) >= 11 is 0. The highest BCUT2D eigenvalue weighted by Gasteiger charge is 2.04. The number of carbonyl (C=O) groups is 1. The van der Waals surface area contributed by atoms with Crippen LogP contribution in [0.2, 0.25) is 0 Å². The molecule has 0 aromatic heterocycles. The first kappa shape index (κ1) is 15.3. The molecule has 0 atom stereocenters. The van der Waals surface area contributed by atoms with Crippen LogP contribution in [-0.2, 0) is 11.4 Å². The molecule has 1 N–H and O–H groups in total. The molecule has 2 aromatic carbocycles. The summed E-state index contributed by atoms with van der Waals surface area (Å²) < 4.78 is 10.5. The maximum absolute atomic E-state index is 10.5. The molecule has 0 radical (unpaired) electrons. The average Bonchev–Trinajstić information content (AvgIpc) is 2.52. The Balaban J connectivity index is 1.88. The highest BCUT2D eigenvalue weighted by atomic mass is 16.6. The van der Waals surface area contributed by atoms with Gasteiger partial charge in [0.1, 0.15) is 18.1 Å². The fourth-order valence-corrected chi connectivity index (χ4v) is 1.66. The normalized spacial score (nSPS) is 10.0. The summed E-state index contributed by atoms with van der Waals surface area (Å²) in [7, 11) is 0. The van der Waals surface area contributed by atoms with Crippen molar-refractivity contribution >= 4 is 11.7 Å². The van der Waals surface area contributed by atoms with Gasteiger partial charge in [-0.2, -0.15) is 0 Å². The van der Waals surface area contributed by atoms with E-state index in [2.05, 4.69) is 0 Å². The van der Waals surface area contributed by atoms with Crippen LogP contribution in [0.25, 0.3) is 0 Å². The summed E-state index contributed by atoms with van der Waals surface area (Å²) in [5, 5.41) is 19.0. The van der Waals surface area contributed by atoms with Crippen molar-refractivity contribution in [3.63, 3.8) is 0 Å². The quantitative estimate of drug-likeness (QED) is 0.623. The van der Waals surface area contributed by atoms with E-state index in [1.165, 1.54) is 12.1 Å². The van der Waals surface area contributed by atoms with Crippen LogP contribution in [0.5, 0.6) is 11.5 Å². The monoisotopic (exact) mass is 303 g/mol. The number of aliphatic carboxylic acids is 1. The van der Waals surface area contributed by atoms with Crippen molar-refractivity contribution in [1.29, 1.82) is 0 Å². The molecule has 0 bridgehead atoms. The number of nitro benzene ring substituents is 1. The van der Waals surface area contributed by atoms with Gasteiger partial charge >= 0.3 is 5.97 Å². The molecule has 7 nitrogen and oxygen atoms in total. The highest BCUT2D eigenvalue weighted by molar-refractivity contribution is 5.68. The van der Waals surface area contributed by atoms with Crippen LogP contribution in [0.3, 0.4) is 0 Å². The van der Waals surface area contributed by atoms with Crippen LogP contribution < -0.4 is 9.47 Å². The SMILES string of the molecule is O=C(O)COc1ccc(OCc2ccc([N+](=O)[O-])cc2)cc1. The second-order valence-electron chi connectivity index (χ2n) is 4.37. The van der Waals surface area contributed by atoms with E-state index in [9.17, 15) is 14.9 Å². The summed E-state index contributed by atoms with van der Waals surface area (Å²) in [6.07, 6.45) is 0. The first-order chi connectivity index (χ1) is 10.5. The molecule has 2 rings (SSSR count). The number of ether oxygens (including phenoxy) is 2. The van der Waals surface area contributed by atoms with E-state index in [1.54, 1.807) is 36.4 Å². The first-order valence-electron chi connectivity index (χ1n) is 6.35. The van der Waals surface area contributed by atoms with Crippen molar-refractivity contribution in [2.75, 3.05) is 6.61 Å². The Morgan fingerprint density at radius 1 is 1.00 bits per heavy atom. The molecule has 22 heavy (non-hydrogen) atoms. The van der Waals surface area contributed by atoms with Gasteiger partial charge in [0.15, 0.2) is 6.61 Å². The van der Waals surface area contributed by atoms with E-state index in [4.69, 9.17) is 14.6 Å². The van der Waals surface area contributed by atoms with Crippen LogP contribution in [0.4, 0.5) is 5.69 Å². The summed E-state index contributed by atoms with van der Waals surface area (Å²) in [5.74, 6) is -0.0235. The van der Waals surface area contributed by atoms with Gasteiger partial charge in [0.2, 0.25) is 0 Å². The minimum atomic E-state index is -1.04. The molecule has 2 aromatic rings. The molecule has 0 aliphatic rings. The zero-order valence-corrected chi connectivity index (χ0v) is 11.5. The molecule has 0 unspecified atom stereocenters. The van der Waals surface area contributed by atoms with Crippen molar-refractivity contribution < 1.29 is 24.3 Å². The molecule has 0 spiro atoms. The van der Waals surface area contributed by atoms with Gasteiger partial charge in [0, 0.05) is 12.1 Å². The van der Waals surface area contributed by atoms with Gasteiger partial charge in [-0.05, 0) is 42.0 Å². The Morgan fingerprint density at radius 3 is 2.05 bits per heavy atom. The predicted octanol–water partition coefficient (Wildman–Crippen LogP) is 2.64. The zero-order chi connectivity index (χ0) is 15.9. The van der Waals surface area contributed by atoms with E-state index >= 15 is 0 Å².